The third kappa shape index (κ3) is 4.05. The van der Waals surface area contributed by atoms with E-state index < -0.39 is 0 Å². The minimum Gasteiger partial charge on any atom is -0.376 e. The summed E-state index contributed by atoms with van der Waals surface area (Å²) in [6, 6.07) is 5.40. The van der Waals surface area contributed by atoms with Crippen LogP contribution in [0.1, 0.15) is 25.7 Å². The largest absolute Gasteiger partial charge is 0.376 e. The van der Waals surface area contributed by atoms with Gasteiger partial charge in [-0.2, -0.15) is 0 Å². The lowest BCUT2D eigenvalue weighted by atomic mass is 10.2. The zero-order chi connectivity index (χ0) is 18.1. The zero-order valence-corrected chi connectivity index (χ0v) is 15.8. The molecule has 138 valence electrons. The third-order valence-corrected chi connectivity index (χ3v) is 5.78. The number of nitrogens with zero attached hydrogens (tertiary/aromatic N) is 2. The number of carbonyl (C=O) groups excluding carboxylic acids is 1. The van der Waals surface area contributed by atoms with Gasteiger partial charge in [-0.3, -0.25) is 14.2 Å². The number of hydrogen-bond acceptors (Lipinski definition) is 5. The average molecular weight is 394 g/mol. The second-order valence-corrected chi connectivity index (χ2v) is 8.12. The van der Waals surface area contributed by atoms with E-state index in [0.717, 1.165) is 32.3 Å². The van der Waals surface area contributed by atoms with E-state index in [1.807, 2.05) is 0 Å². The molecule has 6 nitrogen and oxygen atoms in total. The second kappa shape index (κ2) is 7.58. The lowest BCUT2D eigenvalue weighted by Crippen LogP contribution is -2.30. The monoisotopic (exact) mass is 393 g/mol. The smallest absolute Gasteiger partial charge is 0.262 e. The highest BCUT2D eigenvalue weighted by Crippen LogP contribution is 2.23. The Bertz CT molecular complexity index is 891. The summed E-state index contributed by atoms with van der Waals surface area (Å²) in [6.45, 7) is 1.18. The van der Waals surface area contributed by atoms with Crippen LogP contribution in [-0.4, -0.2) is 40.0 Å². The highest BCUT2D eigenvalue weighted by atomic mass is 35.5. The SMILES string of the molecule is O=C(CSc1nc2cc(Cl)ccc2c(=O)n1CC1CCCO1)NC1CC1. The van der Waals surface area contributed by atoms with Crippen molar-refractivity contribution in [3.05, 3.63) is 33.6 Å². The molecule has 1 aromatic heterocycles. The molecule has 1 aromatic carbocycles. The van der Waals surface area contributed by atoms with Crippen LogP contribution in [0.3, 0.4) is 0 Å². The van der Waals surface area contributed by atoms with Gasteiger partial charge in [-0.05, 0) is 43.9 Å². The molecule has 26 heavy (non-hydrogen) atoms. The number of aromatic nitrogens is 2. The van der Waals surface area contributed by atoms with Crippen molar-refractivity contribution >= 4 is 40.2 Å². The number of benzene rings is 1. The Hall–Kier alpha value is -1.57. The van der Waals surface area contributed by atoms with E-state index >= 15 is 0 Å². The van der Waals surface area contributed by atoms with Gasteiger partial charge in [0.2, 0.25) is 5.91 Å². The summed E-state index contributed by atoms with van der Waals surface area (Å²) in [5.41, 5.74) is 0.434. The summed E-state index contributed by atoms with van der Waals surface area (Å²) < 4.78 is 7.33. The van der Waals surface area contributed by atoms with Crippen LogP contribution in [-0.2, 0) is 16.1 Å². The second-order valence-electron chi connectivity index (χ2n) is 6.74. The van der Waals surface area contributed by atoms with Crippen molar-refractivity contribution in [1.82, 2.24) is 14.9 Å². The van der Waals surface area contributed by atoms with Gasteiger partial charge in [0, 0.05) is 17.7 Å². The van der Waals surface area contributed by atoms with Crippen molar-refractivity contribution < 1.29 is 9.53 Å². The maximum absolute atomic E-state index is 13.0. The summed E-state index contributed by atoms with van der Waals surface area (Å²) >= 11 is 7.34. The van der Waals surface area contributed by atoms with Crippen LogP contribution in [0.5, 0.6) is 0 Å². The van der Waals surface area contributed by atoms with Crippen LogP contribution >= 0.6 is 23.4 Å². The molecule has 2 fully saturated rings. The molecule has 1 unspecified atom stereocenters. The van der Waals surface area contributed by atoms with Gasteiger partial charge in [0.25, 0.3) is 5.56 Å². The number of hydrogen-bond donors (Lipinski definition) is 1. The fourth-order valence-electron chi connectivity index (χ4n) is 3.06. The Morgan fingerprint density at radius 1 is 1.38 bits per heavy atom. The quantitative estimate of drug-likeness (QED) is 0.603. The summed E-state index contributed by atoms with van der Waals surface area (Å²) in [4.78, 5) is 29.6. The maximum atomic E-state index is 13.0. The van der Waals surface area contributed by atoms with Crippen LogP contribution in [0.4, 0.5) is 0 Å². The number of fused-ring (bicyclic) bond motifs is 1. The van der Waals surface area contributed by atoms with Crippen molar-refractivity contribution in [2.75, 3.05) is 12.4 Å². The Balaban J connectivity index is 1.64. The van der Waals surface area contributed by atoms with E-state index in [1.165, 1.54) is 11.8 Å². The first-order valence-corrected chi connectivity index (χ1v) is 10.2. The number of halogens is 1. The molecule has 2 aliphatic rings. The Labute approximate surface area is 160 Å². The first kappa shape index (κ1) is 17.8. The van der Waals surface area contributed by atoms with Crippen molar-refractivity contribution in [3.8, 4) is 0 Å². The van der Waals surface area contributed by atoms with E-state index in [2.05, 4.69) is 10.3 Å². The number of amides is 1. The maximum Gasteiger partial charge on any atom is 0.262 e. The fraction of sp³-hybridized carbons (Fsp3) is 0.500. The summed E-state index contributed by atoms with van der Waals surface area (Å²) in [6.07, 6.45) is 4.04. The molecule has 1 amide bonds. The van der Waals surface area contributed by atoms with Gasteiger partial charge in [-0.25, -0.2) is 4.98 Å². The first-order valence-electron chi connectivity index (χ1n) is 8.84. The van der Waals surface area contributed by atoms with Crippen molar-refractivity contribution in [1.29, 1.82) is 0 Å². The van der Waals surface area contributed by atoms with Gasteiger partial charge in [0.05, 0.1) is 29.3 Å². The highest BCUT2D eigenvalue weighted by molar-refractivity contribution is 7.99. The average Bonchev–Trinajstić information content (AvgIpc) is 3.27. The normalized spacial score (nSPS) is 19.8. The van der Waals surface area contributed by atoms with E-state index in [4.69, 9.17) is 16.3 Å². The van der Waals surface area contributed by atoms with Crippen LogP contribution in [0, 0.1) is 0 Å². The number of carbonyl (C=O) groups is 1. The van der Waals surface area contributed by atoms with Crippen LogP contribution < -0.4 is 10.9 Å². The predicted octanol–water partition coefficient (Wildman–Crippen LogP) is 2.60. The fourth-order valence-corrected chi connectivity index (χ4v) is 4.05. The minimum atomic E-state index is -0.118. The summed E-state index contributed by atoms with van der Waals surface area (Å²) in [5.74, 6) is 0.210. The highest BCUT2D eigenvalue weighted by Gasteiger charge is 2.24. The molecule has 2 aromatic rings. The van der Waals surface area contributed by atoms with Crippen LogP contribution in [0.25, 0.3) is 10.9 Å². The van der Waals surface area contributed by atoms with Crippen molar-refractivity contribution in [2.45, 2.75) is 49.5 Å². The van der Waals surface area contributed by atoms with Gasteiger partial charge in [-0.15, -0.1) is 0 Å². The molecule has 1 aliphatic carbocycles. The third-order valence-electron chi connectivity index (χ3n) is 4.57. The van der Waals surface area contributed by atoms with Crippen LogP contribution in [0.2, 0.25) is 5.02 Å². The summed E-state index contributed by atoms with van der Waals surface area (Å²) in [7, 11) is 0. The van der Waals surface area contributed by atoms with Crippen molar-refractivity contribution in [2.24, 2.45) is 0 Å². The number of thioether (sulfide) groups is 1. The number of ether oxygens (including phenoxy) is 1. The minimum absolute atomic E-state index is 0.0129. The Morgan fingerprint density at radius 3 is 2.96 bits per heavy atom. The molecule has 8 heteroatoms. The molecule has 1 saturated carbocycles. The molecule has 1 atom stereocenters. The zero-order valence-electron chi connectivity index (χ0n) is 14.2. The first-order chi connectivity index (χ1) is 12.6. The lowest BCUT2D eigenvalue weighted by molar-refractivity contribution is -0.118. The van der Waals surface area contributed by atoms with Gasteiger partial charge < -0.3 is 10.1 Å². The Kier molecular flexibility index (Phi) is 5.20. The number of nitrogens with one attached hydrogen (secondary N) is 1. The van der Waals surface area contributed by atoms with E-state index in [9.17, 15) is 9.59 Å². The molecular formula is C18H20ClN3O3S. The molecule has 1 aliphatic heterocycles. The lowest BCUT2D eigenvalue weighted by Gasteiger charge is -2.16. The molecule has 2 heterocycles. The van der Waals surface area contributed by atoms with Gasteiger partial charge in [-0.1, -0.05) is 23.4 Å². The van der Waals surface area contributed by atoms with Crippen molar-refractivity contribution in [3.63, 3.8) is 0 Å². The van der Waals surface area contributed by atoms with Gasteiger partial charge in [0.1, 0.15) is 0 Å². The van der Waals surface area contributed by atoms with E-state index in [0.29, 0.717) is 33.7 Å². The predicted molar refractivity (Wildman–Crippen MR) is 102 cm³/mol. The molecule has 0 radical (unpaired) electrons. The molecule has 4 rings (SSSR count). The van der Waals surface area contributed by atoms with Crippen LogP contribution in [0.15, 0.2) is 28.2 Å². The Morgan fingerprint density at radius 2 is 2.23 bits per heavy atom. The topological polar surface area (TPSA) is 73.2 Å². The standard InChI is InChI=1S/C18H20ClN3O3S/c19-11-3-6-14-15(8-11)21-18(26-10-16(23)20-12-4-5-12)22(17(14)24)9-13-2-1-7-25-13/h3,6,8,12-13H,1-2,4-5,7,9-10H2,(H,20,23). The molecule has 0 spiro atoms. The van der Waals surface area contributed by atoms with E-state index in [-0.39, 0.29) is 23.3 Å². The molecule has 1 saturated heterocycles. The van der Waals surface area contributed by atoms with Gasteiger partial charge >= 0.3 is 0 Å². The van der Waals surface area contributed by atoms with Gasteiger partial charge in [0.15, 0.2) is 5.16 Å². The molecule has 1 N–H and O–H groups in total. The molecule has 0 bridgehead atoms. The molecular weight excluding hydrogens is 374 g/mol. The summed E-state index contributed by atoms with van der Waals surface area (Å²) in [5, 5.41) is 4.55. The van der Waals surface area contributed by atoms with E-state index in [1.54, 1.807) is 22.8 Å². The number of rotatable bonds is 6.